The molecule has 0 saturated heterocycles. The summed E-state index contributed by atoms with van der Waals surface area (Å²) in [6.07, 6.45) is 4.32. The van der Waals surface area contributed by atoms with Gasteiger partial charge in [-0.15, -0.1) is 11.3 Å². The summed E-state index contributed by atoms with van der Waals surface area (Å²) in [5.41, 5.74) is 5.92. The van der Waals surface area contributed by atoms with E-state index in [0.717, 1.165) is 11.6 Å². The maximum absolute atomic E-state index is 5.92. The first-order valence-electron chi connectivity index (χ1n) is 5.60. The summed E-state index contributed by atoms with van der Waals surface area (Å²) in [4.78, 5) is 10.8. The van der Waals surface area contributed by atoms with Crippen molar-refractivity contribution in [3.63, 3.8) is 0 Å². The van der Waals surface area contributed by atoms with Gasteiger partial charge in [0.1, 0.15) is 0 Å². The molecule has 0 spiro atoms. The summed E-state index contributed by atoms with van der Waals surface area (Å²) in [6.45, 7) is 2.85. The van der Waals surface area contributed by atoms with Gasteiger partial charge in [0.2, 0.25) is 0 Å². The second-order valence-corrected chi connectivity index (χ2v) is 5.24. The maximum Gasteiger partial charge on any atom is 0.191 e. The molecule has 5 heteroatoms. The lowest BCUT2D eigenvalue weighted by Gasteiger charge is -2.17. The van der Waals surface area contributed by atoms with E-state index in [1.165, 1.54) is 12.8 Å². The van der Waals surface area contributed by atoms with Crippen molar-refractivity contribution in [3.8, 4) is 0 Å². The van der Waals surface area contributed by atoms with Gasteiger partial charge < -0.3 is 10.6 Å². The molecule has 1 fully saturated rings. The molecule has 88 valence electrons. The summed E-state index contributed by atoms with van der Waals surface area (Å²) < 4.78 is 0. The summed E-state index contributed by atoms with van der Waals surface area (Å²) in [5, 5.41) is 3.13. The Labute approximate surface area is 100 Å². The van der Waals surface area contributed by atoms with Crippen molar-refractivity contribution >= 4 is 17.3 Å². The van der Waals surface area contributed by atoms with E-state index in [1.54, 1.807) is 11.3 Å². The number of nitrogens with zero attached hydrogens (tertiary/aromatic N) is 3. The van der Waals surface area contributed by atoms with Crippen LogP contribution < -0.4 is 5.73 Å². The lowest BCUT2D eigenvalue weighted by molar-refractivity contribution is 0.486. The van der Waals surface area contributed by atoms with Gasteiger partial charge in [-0.1, -0.05) is 6.92 Å². The Morgan fingerprint density at radius 2 is 2.50 bits per heavy atom. The third kappa shape index (κ3) is 2.72. The van der Waals surface area contributed by atoms with Gasteiger partial charge in [0, 0.05) is 30.6 Å². The molecule has 0 aliphatic heterocycles. The zero-order valence-corrected chi connectivity index (χ0v) is 10.6. The fourth-order valence-electron chi connectivity index (χ4n) is 1.55. The number of hydrogen-bond acceptors (Lipinski definition) is 3. The molecule has 0 radical (unpaired) electrons. The van der Waals surface area contributed by atoms with Gasteiger partial charge in [0.05, 0.1) is 11.6 Å². The molecule has 1 aromatic heterocycles. The van der Waals surface area contributed by atoms with Crippen LogP contribution in [0.3, 0.4) is 0 Å². The number of thiazole rings is 1. The van der Waals surface area contributed by atoms with Gasteiger partial charge in [0.25, 0.3) is 0 Å². The third-order valence-electron chi connectivity index (χ3n) is 2.86. The highest BCUT2D eigenvalue weighted by molar-refractivity contribution is 7.09. The van der Waals surface area contributed by atoms with Gasteiger partial charge in [-0.25, -0.2) is 4.98 Å². The lowest BCUT2D eigenvalue weighted by Crippen LogP contribution is -2.36. The van der Waals surface area contributed by atoms with Crippen LogP contribution >= 0.6 is 11.3 Å². The van der Waals surface area contributed by atoms with Crippen molar-refractivity contribution in [2.45, 2.75) is 31.7 Å². The predicted molar refractivity (Wildman–Crippen MR) is 67.8 cm³/mol. The zero-order chi connectivity index (χ0) is 11.5. The summed E-state index contributed by atoms with van der Waals surface area (Å²) in [7, 11) is 2.02. The van der Waals surface area contributed by atoms with Crippen LogP contribution in [0, 0.1) is 0 Å². The molecular weight excluding hydrogens is 220 g/mol. The predicted octanol–water partition coefficient (Wildman–Crippen LogP) is 1.66. The normalized spacial score (nSPS) is 18.5. The fraction of sp³-hybridized carbons (Fsp3) is 0.636. The monoisotopic (exact) mass is 238 g/mol. The molecule has 0 aromatic carbocycles. The van der Waals surface area contributed by atoms with E-state index < -0.39 is 0 Å². The molecule has 1 saturated carbocycles. The standard InChI is InChI=1S/C11H18N4S/c1-8(10-13-5-6-16-10)7-14-11(12)15(2)9-3-4-9/h5-6,8-9H,3-4,7H2,1-2H3,(H2,12,14). The Kier molecular flexibility index (Phi) is 3.43. The van der Waals surface area contributed by atoms with Crippen molar-refractivity contribution < 1.29 is 0 Å². The van der Waals surface area contributed by atoms with Crippen LogP contribution in [0.2, 0.25) is 0 Å². The molecule has 1 aliphatic rings. The molecule has 4 nitrogen and oxygen atoms in total. The minimum atomic E-state index is 0.353. The lowest BCUT2D eigenvalue weighted by atomic mass is 10.2. The highest BCUT2D eigenvalue weighted by Gasteiger charge is 2.27. The van der Waals surface area contributed by atoms with Gasteiger partial charge >= 0.3 is 0 Å². The SMILES string of the molecule is CC(CN=C(N)N(C)C1CC1)c1nccs1. The number of hydrogen-bond donors (Lipinski definition) is 1. The third-order valence-corrected chi connectivity index (χ3v) is 3.86. The van der Waals surface area contributed by atoms with Crippen LogP contribution in [-0.2, 0) is 0 Å². The molecule has 1 unspecified atom stereocenters. The molecule has 2 rings (SSSR count). The van der Waals surface area contributed by atoms with Crippen LogP contribution in [0.5, 0.6) is 0 Å². The van der Waals surface area contributed by atoms with Gasteiger partial charge in [-0.2, -0.15) is 0 Å². The Balaban J connectivity index is 1.87. The largest absolute Gasteiger partial charge is 0.370 e. The quantitative estimate of drug-likeness (QED) is 0.641. The summed E-state index contributed by atoms with van der Waals surface area (Å²) in [6, 6.07) is 0.624. The van der Waals surface area contributed by atoms with E-state index in [-0.39, 0.29) is 0 Å². The second-order valence-electron chi connectivity index (χ2n) is 4.31. The highest BCUT2D eigenvalue weighted by Crippen LogP contribution is 2.25. The van der Waals surface area contributed by atoms with Crippen LogP contribution in [0.4, 0.5) is 0 Å². The Morgan fingerprint density at radius 3 is 3.06 bits per heavy atom. The smallest absolute Gasteiger partial charge is 0.191 e. The summed E-state index contributed by atoms with van der Waals surface area (Å²) in [5.74, 6) is 1.01. The number of guanidine groups is 1. The molecule has 1 atom stereocenters. The number of aliphatic imine (C=N–C) groups is 1. The van der Waals surface area contributed by atoms with Gasteiger partial charge in [0.15, 0.2) is 5.96 Å². The Bertz CT molecular complexity index is 356. The summed E-state index contributed by atoms with van der Waals surface area (Å²) >= 11 is 1.67. The first-order valence-corrected chi connectivity index (χ1v) is 6.48. The molecule has 0 amide bonds. The molecule has 1 aliphatic carbocycles. The first-order chi connectivity index (χ1) is 7.68. The van der Waals surface area contributed by atoms with Crippen LogP contribution in [0.25, 0.3) is 0 Å². The van der Waals surface area contributed by atoms with E-state index in [4.69, 9.17) is 5.73 Å². The average Bonchev–Trinajstić information content (AvgIpc) is 2.99. The van der Waals surface area contributed by atoms with E-state index in [2.05, 4.69) is 21.8 Å². The van der Waals surface area contributed by atoms with E-state index >= 15 is 0 Å². The minimum absolute atomic E-state index is 0.353. The van der Waals surface area contributed by atoms with E-state index in [1.807, 2.05) is 18.6 Å². The number of aromatic nitrogens is 1. The molecule has 2 N–H and O–H groups in total. The van der Waals surface area contributed by atoms with Crippen molar-refractivity contribution in [2.75, 3.05) is 13.6 Å². The van der Waals surface area contributed by atoms with E-state index in [9.17, 15) is 0 Å². The van der Waals surface area contributed by atoms with Crippen molar-refractivity contribution in [1.29, 1.82) is 0 Å². The topological polar surface area (TPSA) is 54.5 Å². The Morgan fingerprint density at radius 1 is 1.75 bits per heavy atom. The second kappa shape index (κ2) is 4.82. The van der Waals surface area contributed by atoms with Crippen LogP contribution in [0.15, 0.2) is 16.6 Å². The van der Waals surface area contributed by atoms with Gasteiger partial charge in [-0.05, 0) is 12.8 Å². The minimum Gasteiger partial charge on any atom is -0.370 e. The maximum atomic E-state index is 5.92. The van der Waals surface area contributed by atoms with Crippen molar-refractivity contribution in [3.05, 3.63) is 16.6 Å². The van der Waals surface area contributed by atoms with E-state index in [0.29, 0.717) is 17.9 Å². The average molecular weight is 238 g/mol. The Hall–Kier alpha value is -1.10. The van der Waals surface area contributed by atoms with Crippen molar-refractivity contribution in [1.82, 2.24) is 9.88 Å². The molecule has 1 heterocycles. The van der Waals surface area contributed by atoms with Crippen LogP contribution in [-0.4, -0.2) is 35.5 Å². The number of rotatable bonds is 4. The molecule has 16 heavy (non-hydrogen) atoms. The van der Waals surface area contributed by atoms with Crippen LogP contribution in [0.1, 0.15) is 30.7 Å². The molecule has 1 aromatic rings. The van der Waals surface area contributed by atoms with Crippen molar-refractivity contribution in [2.24, 2.45) is 10.7 Å². The number of nitrogens with two attached hydrogens (primary N) is 1. The molecular formula is C11H18N4S. The molecule has 0 bridgehead atoms. The fourth-order valence-corrected chi connectivity index (χ4v) is 2.24. The zero-order valence-electron chi connectivity index (χ0n) is 9.76. The highest BCUT2D eigenvalue weighted by atomic mass is 32.1. The first kappa shape index (κ1) is 11.4. The van der Waals surface area contributed by atoms with Gasteiger partial charge in [-0.3, -0.25) is 4.99 Å².